The Kier molecular flexibility index (Phi) is 4.61. The first-order chi connectivity index (χ1) is 12.2. The summed E-state index contributed by atoms with van der Waals surface area (Å²) in [4.78, 5) is 29.5. The number of amides is 1. The van der Waals surface area contributed by atoms with Crippen LogP contribution in [0, 0.1) is 0 Å². The van der Waals surface area contributed by atoms with Crippen LogP contribution in [-0.2, 0) is 9.53 Å². The number of carbonyl (C=O) groups is 1. The van der Waals surface area contributed by atoms with E-state index in [-0.39, 0.29) is 30.3 Å². The number of carbonyl (C=O) groups excluding carboxylic acids is 1. The predicted octanol–water partition coefficient (Wildman–Crippen LogP) is 2.45. The highest BCUT2D eigenvalue weighted by molar-refractivity contribution is 5.77. The summed E-state index contributed by atoms with van der Waals surface area (Å²) in [6.07, 6.45) is 6.46. The first-order valence-corrected chi connectivity index (χ1v) is 9.31. The molecule has 1 aliphatic carbocycles. The van der Waals surface area contributed by atoms with Crippen LogP contribution in [0.2, 0.25) is 0 Å². The third kappa shape index (κ3) is 3.35. The van der Waals surface area contributed by atoms with Gasteiger partial charge >= 0.3 is 5.69 Å². The van der Waals surface area contributed by atoms with Crippen molar-refractivity contribution in [1.82, 2.24) is 14.5 Å². The summed E-state index contributed by atoms with van der Waals surface area (Å²) in [5.74, 6) is 0.0802. The number of benzene rings is 1. The zero-order chi connectivity index (χ0) is 17.2. The highest BCUT2D eigenvalue weighted by atomic mass is 16.5. The summed E-state index contributed by atoms with van der Waals surface area (Å²) in [7, 11) is 0. The van der Waals surface area contributed by atoms with Crippen LogP contribution in [0.5, 0.6) is 0 Å². The molecule has 1 aromatic carbocycles. The molecule has 2 aromatic rings. The van der Waals surface area contributed by atoms with Crippen LogP contribution in [0.15, 0.2) is 29.1 Å². The van der Waals surface area contributed by atoms with Gasteiger partial charge in [0.2, 0.25) is 5.91 Å². The molecule has 2 aliphatic rings. The highest BCUT2D eigenvalue weighted by Gasteiger charge is 2.26. The molecule has 4 rings (SSSR count). The van der Waals surface area contributed by atoms with Crippen LogP contribution in [0.4, 0.5) is 0 Å². The highest BCUT2D eigenvalue weighted by Crippen LogP contribution is 2.25. The number of imidazole rings is 1. The molecule has 0 bridgehead atoms. The van der Waals surface area contributed by atoms with Gasteiger partial charge in [-0.15, -0.1) is 0 Å². The van der Waals surface area contributed by atoms with Gasteiger partial charge in [0.1, 0.15) is 6.61 Å². The van der Waals surface area contributed by atoms with Crippen LogP contribution in [0.3, 0.4) is 0 Å². The molecule has 0 radical (unpaired) electrons. The number of hydrogen-bond acceptors (Lipinski definition) is 3. The fourth-order valence-corrected chi connectivity index (χ4v) is 4.15. The van der Waals surface area contributed by atoms with Crippen LogP contribution in [0.25, 0.3) is 11.0 Å². The van der Waals surface area contributed by atoms with E-state index in [1.807, 2.05) is 33.7 Å². The number of hydrogen-bond donors (Lipinski definition) is 1. The zero-order valence-corrected chi connectivity index (χ0v) is 14.4. The summed E-state index contributed by atoms with van der Waals surface area (Å²) < 4.78 is 7.60. The van der Waals surface area contributed by atoms with Gasteiger partial charge in [-0.3, -0.25) is 9.36 Å². The number of nitrogens with one attached hydrogen (secondary N) is 1. The average molecular weight is 343 g/mol. The zero-order valence-electron chi connectivity index (χ0n) is 14.4. The van der Waals surface area contributed by atoms with Crippen molar-refractivity contribution >= 4 is 16.9 Å². The van der Waals surface area contributed by atoms with Crippen LogP contribution >= 0.6 is 0 Å². The van der Waals surface area contributed by atoms with Crippen molar-refractivity contribution in [3.63, 3.8) is 0 Å². The molecule has 2 heterocycles. The van der Waals surface area contributed by atoms with Crippen molar-refractivity contribution in [3.05, 3.63) is 34.7 Å². The smallest absolute Gasteiger partial charge is 0.326 e. The summed E-state index contributed by atoms with van der Waals surface area (Å²) in [6.45, 7) is 1.56. The largest absolute Gasteiger partial charge is 0.368 e. The van der Waals surface area contributed by atoms with Gasteiger partial charge in [-0.1, -0.05) is 25.0 Å². The number of aromatic amines is 1. The van der Waals surface area contributed by atoms with Crippen LogP contribution in [0.1, 0.15) is 44.6 Å². The molecule has 134 valence electrons. The first-order valence-electron chi connectivity index (χ1n) is 9.31. The van der Waals surface area contributed by atoms with E-state index in [0.717, 1.165) is 36.7 Å². The molecule has 1 aliphatic heterocycles. The topological polar surface area (TPSA) is 67.3 Å². The van der Waals surface area contributed by atoms with E-state index in [4.69, 9.17) is 4.74 Å². The standard InChI is InChI=1S/C19H25N3O3/c23-18(13-25-15-5-1-2-6-15)21-11-9-14(10-12-21)22-17-8-4-3-7-16(17)20-19(22)24/h3-4,7-8,14-15H,1-2,5-6,9-13H2,(H,20,24). The minimum absolute atomic E-state index is 0.0597. The van der Waals surface area contributed by atoms with E-state index in [2.05, 4.69) is 4.98 Å². The SMILES string of the molecule is O=C(COC1CCCC1)N1CCC(n2c(=O)[nH]c3ccccc32)CC1. The van der Waals surface area contributed by atoms with E-state index in [0.29, 0.717) is 13.1 Å². The molecular formula is C19H25N3O3. The van der Waals surface area contributed by atoms with E-state index in [1.165, 1.54) is 12.8 Å². The molecule has 0 spiro atoms. The Morgan fingerprint density at radius 1 is 1.12 bits per heavy atom. The maximum Gasteiger partial charge on any atom is 0.326 e. The molecule has 0 unspecified atom stereocenters. The number of likely N-dealkylation sites (tertiary alicyclic amines) is 1. The van der Waals surface area contributed by atoms with Gasteiger partial charge in [-0.05, 0) is 37.8 Å². The lowest BCUT2D eigenvalue weighted by Crippen LogP contribution is -2.42. The van der Waals surface area contributed by atoms with Gasteiger partial charge in [0, 0.05) is 19.1 Å². The first kappa shape index (κ1) is 16.4. The van der Waals surface area contributed by atoms with Crippen molar-refractivity contribution in [1.29, 1.82) is 0 Å². The molecular weight excluding hydrogens is 318 g/mol. The molecule has 2 fully saturated rings. The molecule has 25 heavy (non-hydrogen) atoms. The van der Waals surface area contributed by atoms with Gasteiger partial charge in [-0.2, -0.15) is 0 Å². The molecule has 0 atom stereocenters. The van der Waals surface area contributed by atoms with E-state index in [1.54, 1.807) is 0 Å². The fraction of sp³-hybridized carbons (Fsp3) is 0.579. The van der Waals surface area contributed by atoms with Gasteiger partial charge < -0.3 is 14.6 Å². The summed E-state index contributed by atoms with van der Waals surface area (Å²) in [5.41, 5.74) is 1.76. The number of nitrogens with zero attached hydrogens (tertiary/aromatic N) is 2. The van der Waals surface area contributed by atoms with Gasteiger partial charge in [0.15, 0.2) is 0 Å². The summed E-state index contributed by atoms with van der Waals surface area (Å²) in [6, 6.07) is 7.91. The quantitative estimate of drug-likeness (QED) is 0.927. The number of H-pyrrole nitrogens is 1. The Hall–Kier alpha value is -2.08. The number of para-hydroxylation sites is 2. The monoisotopic (exact) mass is 343 g/mol. The van der Waals surface area contributed by atoms with Crippen molar-refractivity contribution in [2.24, 2.45) is 0 Å². The number of rotatable bonds is 4. The fourth-order valence-electron chi connectivity index (χ4n) is 4.15. The molecule has 1 N–H and O–H groups in total. The third-order valence-corrected chi connectivity index (χ3v) is 5.55. The summed E-state index contributed by atoms with van der Waals surface area (Å²) >= 11 is 0. The Morgan fingerprint density at radius 3 is 2.60 bits per heavy atom. The van der Waals surface area contributed by atoms with Crippen molar-refractivity contribution in [2.45, 2.75) is 50.7 Å². The van der Waals surface area contributed by atoms with Crippen LogP contribution < -0.4 is 5.69 Å². The van der Waals surface area contributed by atoms with E-state index < -0.39 is 0 Å². The third-order valence-electron chi connectivity index (χ3n) is 5.55. The second-order valence-electron chi connectivity index (χ2n) is 7.15. The molecule has 6 heteroatoms. The van der Waals surface area contributed by atoms with Crippen LogP contribution in [-0.4, -0.2) is 46.2 Å². The average Bonchev–Trinajstić information content (AvgIpc) is 3.26. The lowest BCUT2D eigenvalue weighted by Gasteiger charge is -2.32. The lowest BCUT2D eigenvalue weighted by molar-refractivity contribution is -0.139. The van der Waals surface area contributed by atoms with E-state index in [9.17, 15) is 9.59 Å². The van der Waals surface area contributed by atoms with E-state index >= 15 is 0 Å². The minimum atomic E-state index is -0.0597. The van der Waals surface area contributed by atoms with Gasteiger partial charge in [0.25, 0.3) is 0 Å². The molecule has 1 saturated carbocycles. The second-order valence-corrected chi connectivity index (χ2v) is 7.15. The Balaban J connectivity index is 1.37. The predicted molar refractivity (Wildman–Crippen MR) is 95.6 cm³/mol. The Morgan fingerprint density at radius 2 is 1.84 bits per heavy atom. The molecule has 1 aromatic heterocycles. The number of fused-ring (bicyclic) bond motifs is 1. The van der Waals surface area contributed by atoms with Gasteiger partial charge in [-0.25, -0.2) is 4.79 Å². The Bertz CT molecular complexity index is 796. The van der Waals surface area contributed by atoms with Gasteiger partial charge in [0.05, 0.1) is 17.1 Å². The number of piperidine rings is 1. The maximum atomic E-state index is 12.4. The van der Waals surface area contributed by atoms with Crippen molar-refractivity contribution in [2.75, 3.05) is 19.7 Å². The van der Waals surface area contributed by atoms with Crippen molar-refractivity contribution in [3.8, 4) is 0 Å². The summed E-state index contributed by atoms with van der Waals surface area (Å²) in [5, 5.41) is 0. The number of aromatic nitrogens is 2. The second kappa shape index (κ2) is 7.04. The number of ether oxygens (including phenoxy) is 1. The lowest BCUT2D eigenvalue weighted by atomic mass is 10.0. The Labute approximate surface area is 146 Å². The molecule has 1 saturated heterocycles. The maximum absolute atomic E-state index is 12.4. The van der Waals surface area contributed by atoms with Crippen molar-refractivity contribution < 1.29 is 9.53 Å². The minimum Gasteiger partial charge on any atom is -0.368 e. The molecule has 1 amide bonds. The molecule has 6 nitrogen and oxygen atoms in total. The normalized spacial score (nSPS) is 19.8.